The largest absolute Gasteiger partial charge is 0.497 e. The second kappa shape index (κ2) is 10.3. The summed E-state index contributed by atoms with van der Waals surface area (Å²) in [6.45, 7) is 5.80. The van der Waals surface area contributed by atoms with Gasteiger partial charge in [0.1, 0.15) is 11.4 Å². The van der Waals surface area contributed by atoms with Crippen LogP contribution in [0.1, 0.15) is 6.92 Å². The maximum Gasteiger partial charge on any atom is 0.295 e. The molecule has 0 aliphatic carbocycles. The van der Waals surface area contributed by atoms with E-state index in [1.165, 1.54) is 0 Å². The quantitative estimate of drug-likeness (QED) is 0.489. The van der Waals surface area contributed by atoms with Crippen LogP contribution in [0.15, 0.2) is 58.2 Å². The molecule has 0 unspecified atom stereocenters. The molecule has 2 heterocycles. The first-order valence-electron chi connectivity index (χ1n) is 11.1. The van der Waals surface area contributed by atoms with Gasteiger partial charge in [0.25, 0.3) is 5.56 Å². The molecule has 4 rings (SSSR count). The molecule has 0 saturated carbocycles. The minimum atomic E-state index is -0.138. The number of ether oxygens (including phenoxy) is 2. The maximum absolute atomic E-state index is 13.6. The van der Waals surface area contributed by atoms with Crippen LogP contribution in [0.2, 0.25) is 0 Å². The first kappa shape index (κ1) is 23.2. The van der Waals surface area contributed by atoms with Gasteiger partial charge >= 0.3 is 0 Å². The fourth-order valence-electron chi connectivity index (χ4n) is 3.87. The number of benzene rings is 2. The van der Waals surface area contributed by atoms with Crippen LogP contribution in [0.25, 0.3) is 16.9 Å². The molecular formula is C25H30N4O3S. The molecule has 1 aromatic heterocycles. The van der Waals surface area contributed by atoms with Gasteiger partial charge in [-0.3, -0.25) is 4.79 Å². The molecule has 3 aromatic rings. The molecule has 7 nitrogen and oxygen atoms in total. The third-order valence-corrected chi connectivity index (χ3v) is 6.70. The SMILES string of the molecule is CCN(C)c1cc(-c2cccc(OC)c2)nn(-c2cc(N3CCOCC3)ccc2SC)c1=O. The highest BCUT2D eigenvalue weighted by Crippen LogP contribution is 2.30. The van der Waals surface area contributed by atoms with Crippen LogP contribution in [0, 0.1) is 0 Å². The zero-order chi connectivity index (χ0) is 23.4. The summed E-state index contributed by atoms with van der Waals surface area (Å²) in [5.41, 5.74) is 3.93. The van der Waals surface area contributed by atoms with Gasteiger partial charge in [0, 0.05) is 42.8 Å². The van der Waals surface area contributed by atoms with Crippen molar-refractivity contribution in [3.05, 3.63) is 58.9 Å². The second-order valence-corrected chi connectivity index (χ2v) is 8.68. The van der Waals surface area contributed by atoms with E-state index in [2.05, 4.69) is 23.1 Å². The van der Waals surface area contributed by atoms with Crippen LogP contribution in [-0.4, -0.2) is 63.0 Å². The van der Waals surface area contributed by atoms with Crippen molar-refractivity contribution in [3.63, 3.8) is 0 Å². The highest BCUT2D eigenvalue weighted by molar-refractivity contribution is 7.98. The van der Waals surface area contributed by atoms with Gasteiger partial charge in [-0.05, 0) is 49.6 Å². The van der Waals surface area contributed by atoms with Gasteiger partial charge in [-0.2, -0.15) is 9.78 Å². The van der Waals surface area contributed by atoms with Crippen LogP contribution in [-0.2, 0) is 4.74 Å². The molecule has 0 atom stereocenters. The number of methoxy groups -OCH3 is 1. The summed E-state index contributed by atoms with van der Waals surface area (Å²) >= 11 is 1.61. The van der Waals surface area contributed by atoms with E-state index < -0.39 is 0 Å². The first-order valence-corrected chi connectivity index (χ1v) is 12.3. The van der Waals surface area contributed by atoms with E-state index >= 15 is 0 Å². The molecule has 8 heteroatoms. The number of aromatic nitrogens is 2. The zero-order valence-electron chi connectivity index (χ0n) is 19.6. The summed E-state index contributed by atoms with van der Waals surface area (Å²) in [5, 5.41) is 4.83. The third kappa shape index (κ3) is 4.86. The van der Waals surface area contributed by atoms with Crippen LogP contribution in [0.5, 0.6) is 5.75 Å². The molecular weight excluding hydrogens is 436 g/mol. The van der Waals surface area contributed by atoms with Crippen molar-refractivity contribution >= 4 is 23.1 Å². The van der Waals surface area contributed by atoms with E-state index in [0.29, 0.717) is 31.1 Å². The molecule has 0 N–H and O–H groups in total. The minimum absolute atomic E-state index is 0.138. The minimum Gasteiger partial charge on any atom is -0.497 e. The summed E-state index contributed by atoms with van der Waals surface area (Å²) < 4.78 is 12.5. The molecule has 0 bridgehead atoms. The van der Waals surface area contributed by atoms with Crippen LogP contribution >= 0.6 is 11.8 Å². The second-order valence-electron chi connectivity index (χ2n) is 7.83. The molecule has 1 fully saturated rings. The molecule has 0 spiro atoms. The van der Waals surface area contributed by atoms with Crippen LogP contribution in [0.4, 0.5) is 11.4 Å². The Morgan fingerprint density at radius 3 is 2.64 bits per heavy atom. The topological polar surface area (TPSA) is 59.8 Å². The number of morpholine rings is 1. The zero-order valence-corrected chi connectivity index (χ0v) is 20.4. The van der Waals surface area contributed by atoms with Gasteiger partial charge in [0.05, 0.1) is 31.7 Å². The van der Waals surface area contributed by atoms with E-state index in [1.807, 2.05) is 55.5 Å². The number of anilines is 2. The number of thioether (sulfide) groups is 1. The molecule has 0 amide bonds. The molecule has 1 aliphatic rings. The lowest BCUT2D eigenvalue weighted by molar-refractivity contribution is 0.122. The number of rotatable bonds is 7. The predicted molar refractivity (Wildman–Crippen MR) is 136 cm³/mol. The molecule has 174 valence electrons. The summed E-state index contributed by atoms with van der Waals surface area (Å²) in [6.07, 6.45) is 2.02. The fourth-order valence-corrected chi connectivity index (χ4v) is 4.43. The Kier molecular flexibility index (Phi) is 7.25. The monoisotopic (exact) mass is 466 g/mol. The fraction of sp³-hybridized carbons (Fsp3) is 0.360. The van der Waals surface area contributed by atoms with Gasteiger partial charge in [0.2, 0.25) is 0 Å². The Balaban J connectivity index is 1.91. The Bertz CT molecular complexity index is 1170. The van der Waals surface area contributed by atoms with Crippen LogP contribution < -0.4 is 20.1 Å². The van der Waals surface area contributed by atoms with Gasteiger partial charge in [-0.25, -0.2) is 0 Å². The van der Waals surface area contributed by atoms with Crippen molar-refractivity contribution in [1.82, 2.24) is 9.78 Å². The average Bonchev–Trinajstić information content (AvgIpc) is 2.88. The smallest absolute Gasteiger partial charge is 0.295 e. The highest BCUT2D eigenvalue weighted by atomic mass is 32.2. The molecule has 1 aliphatic heterocycles. The number of nitrogens with zero attached hydrogens (tertiary/aromatic N) is 4. The molecule has 33 heavy (non-hydrogen) atoms. The lowest BCUT2D eigenvalue weighted by atomic mass is 10.1. The van der Waals surface area contributed by atoms with Crippen molar-refractivity contribution in [2.75, 3.05) is 63.1 Å². The summed E-state index contributed by atoms with van der Waals surface area (Å²) in [5.74, 6) is 0.747. The summed E-state index contributed by atoms with van der Waals surface area (Å²) in [7, 11) is 3.57. The number of hydrogen-bond donors (Lipinski definition) is 0. The van der Waals surface area contributed by atoms with Gasteiger partial charge < -0.3 is 19.3 Å². The maximum atomic E-state index is 13.6. The molecule has 2 aromatic carbocycles. The van der Waals surface area contributed by atoms with Gasteiger partial charge in [-0.1, -0.05) is 12.1 Å². The Labute approximate surface area is 198 Å². The van der Waals surface area contributed by atoms with Crippen molar-refractivity contribution in [2.24, 2.45) is 0 Å². The molecule has 0 radical (unpaired) electrons. The van der Waals surface area contributed by atoms with Crippen molar-refractivity contribution in [1.29, 1.82) is 0 Å². The van der Waals surface area contributed by atoms with E-state index in [-0.39, 0.29) is 5.56 Å². The predicted octanol–water partition coefficient (Wildman–Crippen LogP) is 3.92. The van der Waals surface area contributed by atoms with E-state index in [9.17, 15) is 4.79 Å². The average molecular weight is 467 g/mol. The van der Waals surface area contributed by atoms with Crippen molar-refractivity contribution < 1.29 is 9.47 Å². The van der Waals surface area contributed by atoms with E-state index in [1.54, 1.807) is 23.6 Å². The lowest BCUT2D eigenvalue weighted by Crippen LogP contribution is -2.36. The Morgan fingerprint density at radius 1 is 1.15 bits per heavy atom. The first-order chi connectivity index (χ1) is 16.0. The lowest BCUT2D eigenvalue weighted by Gasteiger charge is -2.29. The van der Waals surface area contributed by atoms with Crippen molar-refractivity contribution in [3.8, 4) is 22.7 Å². The van der Waals surface area contributed by atoms with E-state index in [0.717, 1.165) is 40.7 Å². The molecule has 1 saturated heterocycles. The summed E-state index contributed by atoms with van der Waals surface area (Å²) in [4.78, 5) is 18.9. The summed E-state index contributed by atoms with van der Waals surface area (Å²) in [6, 6.07) is 15.9. The van der Waals surface area contributed by atoms with Crippen LogP contribution in [0.3, 0.4) is 0 Å². The van der Waals surface area contributed by atoms with Crippen molar-refractivity contribution in [2.45, 2.75) is 11.8 Å². The standard InChI is InChI=1S/C25H30N4O3S/c1-5-27(2)23-17-21(18-7-6-8-20(15-18)31-3)26-29(25(23)30)22-16-19(9-10-24(22)33-4)28-11-13-32-14-12-28/h6-10,15-17H,5,11-14H2,1-4H3. The van der Waals surface area contributed by atoms with Gasteiger partial charge in [0.15, 0.2) is 0 Å². The normalized spacial score (nSPS) is 13.8. The highest BCUT2D eigenvalue weighted by Gasteiger charge is 2.19. The third-order valence-electron chi connectivity index (χ3n) is 5.91. The van der Waals surface area contributed by atoms with E-state index in [4.69, 9.17) is 14.6 Å². The number of hydrogen-bond acceptors (Lipinski definition) is 7. The Morgan fingerprint density at radius 2 is 1.94 bits per heavy atom. The van der Waals surface area contributed by atoms with Gasteiger partial charge in [-0.15, -0.1) is 11.8 Å². The Hall–Kier alpha value is -2.97.